The lowest BCUT2D eigenvalue weighted by molar-refractivity contribution is 0.596. The van der Waals surface area contributed by atoms with Gasteiger partial charge in [0.15, 0.2) is 0 Å². The van der Waals surface area contributed by atoms with Gasteiger partial charge in [0.05, 0.1) is 16.3 Å². The average molecular weight is 358 g/mol. The largest absolute Gasteiger partial charge is 0.268 e. The molecule has 0 saturated heterocycles. The van der Waals surface area contributed by atoms with Crippen molar-refractivity contribution >= 4 is 33.0 Å². The highest BCUT2D eigenvalue weighted by Gasteiger charge is 2.26. The van der Waals surface area contributed by atoms with E-state index in [1.165, 1.54) is 4.31 Å². The van der Waals surface area contributed by atoms with Gasteiger partial charge in [-0.1, -0.05) is 53.6 Å². The molecule has 3 aromatic rings. The predicted octanol–water partition coefficient (Wildman–Crippen LogP) is 5.18. The molecule has 0 bridgehead atoms. The summed E-state index contributed by atoms with van der Waals surface area (Å²) in [7, 11) is -3.77. The molecule has 0 aliphatic heterocycles. The summed E-state index contributed by atoms with van der Waals surface area (Å²) in [6.45, 7) is 1.92. The zero-order valence-corrected chi connectivity index (χ0v) is 14.6. The van der Waals surface area contributed by atoms with Crippen molar-refractivity contribution < 1.29 is 8.42 Å². The lowest BCUT2D eigenvalue weighted by atomic mass is 10.2. The molecule has 0 fully saturated rings. The maximum atomic E-state index is 13.2. The second kappa shape index (κ2) is 6.67. The molecule has 3 rings (SSSR count). The minimum absolute atomic E-state index is 0.233. The van der Waals surface area contributed by atoms with Gasteiger partial charge < -0.3 is 0 Å². The molecule has 0 N–H and O–H groups in total. The van der Waals surface area contributed by atoms with Crippen molar-refractivity contribution in [3.8, 4) is 0 Å². The second-order valence-corrected chi connectivity index (χ2v) is 7.62. The fourth-order valence-corrected chi connectivity index (χ4v) is 4.07. The third kappa shape index (κ3) is 3.30. The van der Waals surface area contributed by atoms with Crippen molar-refractivity contribution in [2.75, 3.05) is 4.31 Å². The quantitative estimate of drug-likeness (QED) is 0.645. The van der Waals surface area contributed by atoms with Crippen LogP contribution in [0.15, 0.2) is 83.8 Å². The van der Waals surface area contributed by atoms with E-state index in [1.54, 1.807) is 72.8 Å². The Labute approximate surface area is 147 Å². The third-order valence-electron chi connectivity index (χ3n) is 3.59. The van der Waals surface area contributed by atoms with Gasteiger partial charge in [-0.15, -0.1) is 0 Å². The number of aryl methyl sites for hydroxylation is 1. The van der Waals surface area contributed by atoms with E-state index in [1.807, 2.05) is 13.0 Å². The molecule has 0 heterocycles. The fourth-order valence-electron chi connectivity index (χ4n) is 2.41. The van der Waals surface area contributed by atoms with Gasteiger partial charge in [-0.05, 0) is 49.4 Å². The van der Waals surface area contributed by atoms with Gasteiger partial charge in [0.25, 0.3) is 10.0 Å². The number of hydrogen-bond donors (Lipinski definition) is 0. The SMILES string of the molecule is Cc1ccc(S(=O)(=O)N(c2ccccc2)c2cccc(Cl)c2)cc1. The monoisotopic (exact) mass is 357 g/mol. The minimum atomic E-state index is -3.77. The van der Waals surface area contributed by atoms with Gasteiger partial charge in [0.1, 0.15) is 0 Å². The number of anilines is 2. The molecular weight excluding hydrogens is 342 g/mol. The summed E-state index contributed by atoms with van der Waals surface area (Å²) >= 11 is 6.07. The van der Waals surface area contributed by atoms with Gasteiger partial charge in [-0.25, -0.2) is 12.7 Å². The van der Waals surface area contributed by atoms with Crippen molar-refractivity contribution in [1.82, 2.24) is 0 Å². The van der Waals surface area contributed by atoms with E-state index in [2.05, 4.69) is 0 Å². The Bertz CT molecular complexity index is 939. The molecule has 122 valence electrons. The smallest absolute Gasteiger partial charge is 0.234 e. The fraction of sp³-hybridized carbons (Fsp3) is 0.0526. The third-order valence-corrected chi connectivity index (χ3v) is 5.60. The van der Waals surface area contributed by atoms with Crippen LogP contribution >= 0.6 is 11.6 Å². The van der Waals surface area contributed by atoms with Crippen LogP contribution in [0.1, 0.15) is 5.56 Å². The first-order chi connectivity index (χ1) is 11.5. The number of rotatable bonds is 4. The second-order valence-electron chi connectivity index (χ2n) is 5.40. The summed E-state index contributed by atoms with van der Waals surface area (Å²) in [5.41, 5.74) is 2.05. The molecule has 5 heteroatoms. The first-order valence-electron chi connectivity index (χ1n) is 7.41. The molecule has 0 spiro atoms. The summed E-state index contributed by atoms with van der Waals surface area (Å²) in [5, 5.41) is 0.479. The van der Waals surface area contributed by atoms with Crippen LogP contribution in [-0.4, -0.2) is 8.42 Å². The Hall–Kier alpha value is -2.30. The molecule has 24 heavy (non-hydrogen) atoms. The van der Waals surface area contributed by atoms with Gasteiger partial charge in [-0.2, -0.15) is 0 Å². The van der Waals surface area contributed by atoms with E-state index in [0.29, 0.717) is 16.4 Å². The molecule has 0 aliphatic rings. The van der Waals surface area contributed by atoms with Crippen LogP contribution in [0.4, 0.5) is 11.4 Å². The van der Waals surface area contributed by atoms with E-state index in [-0.39, 0.29) is 4.90 Å². The summed E-state index contributed by atoms with van der Waals surface area (Å²) in [5.74, 6) is 0. The lowest BCUT2D eigenvalue weighted by Crippen LogP contribution is -2.26. The first kappa shape index (κ1) is 16.6. The van der Waals surface area contributed by atoms with Crippen LogP contribution in [0.25, 0.3) is 0 Å². The number of para-hydroxylation sites is 1. The lowest BCUT2D eigenvalue weighted by Gasteiger charge is -2.25. The van der Waals surface area contributed by atoms with E-state index in [4.69, 9.17) is 11.6 Å². The number of nitrogens with zero attached hydrogens (tertiary/aromatic N) is 1. The molecule has 0 atom stereocenters. The van der Waals surface area contributed by atoms with Crippen LogP contribution in [0.5, 0.6) is 0 Å². The Morgan fingerprint density at radius 1 is 0.792 bits per heavy atom. The topological polar surface area (TPSA) is 37.4 Å². The Balaban J connectivity index is 2.19. The molecule has 0 aliphatic carbocycles. The number of halogens is 1. The van der Waals surface area contributed by atoms with Crippen molar-refractivity contribution in [3.63, 3.8) is 0 Å². The van der Waals surface area contributed by atoms with Gasteiger partial charge >= 0.3 is 0 Å². The summed E-state index contributed by atoms with van der Waals surface area (Å²) in [4.78, 5) is 0.233. The molecule has 0 aromatic heterocycles. The van der Waals surface area contributed by atoms with Crippen LogP contribution in [0, 0.1) is 6.92 Å². The molecule has 0 unspecified atom stereocenters. The Morgan fingerprint density at radius 2 is 1.42 bits per heavy atom. The van der Waals surface area contributed by atoms with Crippen molar-refractivity contribution in [2.45, 2.75) is 11.8 Å². The molecule has 3 aromatic carbocycles. The molecule has 3 nitrogen and oxygen atoms in total. The standard InChI is InChI=1S/C19H16ClNO2S/c1-15-10-12-19(13-11-15)24(22,23)21(17-7-3-2-4-8-17)18-9-5-6-16(20)14-18/h2-14H,1H3. The molecule has 0 radical (unpaired) electrons. The Morgan fingerprint density at radius 3 is 2.04 bits per heavy atom. The highest BCUT2D eigenvalue weighted by Crippen LogP contribution is 2.33. The zero-order chi connectivity index (χ0) is 17.2. The maximum Gasteiger partial charge on any atom is 0.268 e. The molecular formula is C19H16ClNO2S. The van der Waals surface area contributed by atoms with Crippen molar-refractivity contribution in [1.29, 1.82) is 0 Å². The summed E-state index contributed by atoms with van der Waals surface area (Å²) < 4.78 is 27.8. The molecule has 0 saturated carbocycles. The zero-order valence-electron chi connectivity index (χ0n) is 13.1. The van der Waals surface area contributed by atoms with Crippen LogP contribution in [-0.2, 0) is 10.0 Å². The molecule has 0 amide bonds. The first-order valence-corrected chi connectivity index (χ1v) is 9.23. The number of benzene rings is 3. The highest BCUT2D eigenvalue weighted by molar-refractivity contribution is 7.93. The van der Waals surface area contributed by atoms with Crippen molar-refractivity contribution in [3.05, 3.63) is 89.4 Å². The van der Waals surface area contributed by atoms with E-state index in [0.717, 1.165) is 5.56 Å². The van der Waals surface area contributed by atoms with E-state index >= 15 is 0 Å². The van der Waals surface area contributed by atoms with Crippen LogP contribution in [0.2, 0.25) is 5.02 Å². The Kier molecular flexibility index (Phi) is 4.60. The minimum Gasteiger partial charge on any atom is -0.234 e. The van der Waals surface area contributed by atoms with Gasteiger partial charge in [0.2, 0.25) is 0 Å². The van der Waals surface area contributed by atoms with Crippen molar-refractivity contribution in [2.24, 2.45) is 0 Å². The van der Waals surface area contributed by atoms with Gasteiger partial charge in [-0.3, -0.25) is 0 Å². The normalized spacial score (nSPS) is 11.2. The summed E-state index contributed by atoms with van der Waals surface area (Å²) in [6.07, 6.45) is 0. The van der Waals surface area contributed by atoms with E-state index in [9.17, 15) is 8.42 Å². The average Bonchev–Trinajstić information content (AvgIpc) is 2.56. The van der Waals surface area contributed by atoms with Crippen LogP contribution in [0.3, 0.4) is 0 Å². The number of sulfonamides is 1. The maximum absolute atomic E-state index is 13.2. The number of hydrogen-bond acceptors (Lipinski definition) is 2. The summed E-state index contributed by atoms with van der Waals surface area (Å²) in [6, 6.07) is 22.6. The van der Waals surface area contributed by atoms with Crippen LogP contribution < -0.4 is 4.31 Å². The predicted molar refractivity (Wildman–Crippen MR) is 98.4 cm³/mol. The van der Waals surface area contributed by atoms with E-state index < -0.39 is 10.0 Å². The highest BCUT2D eigenvalue weighted by atomic mass is 35.5. The van der Waals surface area contributed by atoms with Gasteiger partial charge in [0, 0.05) is 5.02 Å².